The lowest BCUT2D eigenvalue weighted by Crippen LogP contribution is -2.31. The zero-order valence-electron chi connectivity index (χ0n) is 12.5. The standard InChI is InChI=1S/C16H24F2N2/c1-11(2)20-7-6-13(10-20)9-19-12(3)15-5-4-14(17)8-16(15)18/h4-5,8,11-13,19H,6-7,9-10H2,1-3H3. The topological polar surface area (TPSA) is 15.3 Å². The van der Waals surface area contributed by atoms with Crippen molar-refractivity contribution in [3.05, 3.63) is 35.4 Å². The summed E-state index contributed by atoms with van der Waals surface area (Å²) in [4.78, 5) is 2.47. The van der Waals surface area contributed by atoms with Crippen molar-refractivity contribution in [1.82, 2.24) is 10.2 Å². The van der Waals surface area contributed by atoms with Crippen molar-refractivity contribution in [3.63, 3.8) is 0 Å². The fraction of sp³-hybridized carbons (Fsp3) is 0.625. The molecule has 0 radical (unpaired) electrons. The van der Waals surface area contributed by atoms with Gasteiger partial charge in [0, 0.05) is 30.3 Å². The first kappa shape index (κ1) is 15.4. The Morgan fingerprint density at radius 2 is 2.05 bits per heavy atom. The number of hydrogen-bond acceptors (Lipinski definition) is 2. The lowest BCUT2D eigenvalue weighted by molar-refractivity contribution is 0.263. The predicted octanol–water partition coefficient (Wildman–Crippen LogP) is 3.35. The maximum Gasteiger partial charge on any atom is 0.130 e. The Balaban J connectivity index is 1.85. The highest BCUT2D eigenvalue weighted by Crippen LogP contribution is 2.21. The lowest BCUT2D eigenvalue weighted by Gasteiger charge is -2.21. The van der Waals surface area contributed by atoms with Crippen LogP contribution in [0.15, 0.2) is 18.2 Å². The first-order chi connectivity index (χ1) is 9.47. The van der Waals surface area contributed by atoms with E-state index in [1.54, 1.807) is 0 Å². The number of halogens is 2. The van der Waals surface area contributed by atoms with E-state index in [9.17, 15) is 8.78 Å². The van der Waals surface area contributed by atoms with Crippen LogP contribution in [0.1, 0.15) is 38.8 Å². The third-order valence-corrected chi connectivity index (χ3v) is 4.19. The smallest absolute Gasteiger partial charge is 0.130 e. The Labute approximate surface area is 120 Å². The molecular formula is C16H24F2N2. The molecule has 2 atom stereocenters. The van der Waals surface area contributed by atoms with Gasteiger partial charge < -0.3 is 10.2 Å². The Morgan fingerprint density at radius 1 is 1.30 bits per heavy atom. The molecular weight excluding hydrogens is 258 g/mol. The molecule has 1 fully saturated rings. The van der Waals surface area contributed by atoms with Gasteiger partial charge in [-0.05, 0) is 52.3 Å². The van der Waals surface area contributed by atoms with Crippen LogP contribution in [0.25, 0.3) is 0 Å². The molecule has 1 aromatic rings. The van der Waals surface area contributed by atoms with E-state index in [0.717, 1.165) is 25.7 Å². The normalized spacial score (nSPS) is 21.6. The number of hydrogen-bond donors (Lipinski definition) is 1. The van der Waals surface area contributed by atoms with E-state index in [4.69, 9.17) is 0 Å². The average Bonchev–Trinajstić information content (AvgIpc) is 2.85. The summed E-state index contributed by atoms with van der Waals surface area (Å²) in [6.45, 7) is 9.47. The maximum absolute atomic E-state index is 13.7. The minimum absolute atomic E-state index is 0.0938. The lowest BCUT2D eigenvalue weighted by atomic mass is 10.1. The Hall–Kier alpha value is -1.00. The second-order valence-corrected chi connectivity index (χ2v) is 6.04. The van der Waals surface area contributed by atoms with Crippen LogP contribution in [-0.2, 0) is 0 Å². The third-order valence-electron chi connectivity index (χ3n) is 4.19. The van der Waals surface area contributed by atoms with Crippen molar-refractivity contribution >= 4 is 0 Å². The third kappa shape index (κ3) is 3.76. The summed E-state index contributed by atoms with van der Waals surface area (Å²) in [6.07, 6.45) is 1.18. The summed E-state index contributed by atoms with van der Waals surface area (Å²) in [5.41, 5.74) is 0.533. The number of benzene rings is 1. The van der Waals surface area contributed by atoms with Crippen molar-refractivity contribution in [3.8, 4) is 0 Å². The molecule has 20 heavy (non-hydrogen) atoms. The van der Waals surface area contributed by atoms with Gasteiger partial charge in [-0.1, -0.05) is 6.07 Å². The van der Waals surface area contributed by atoms with Gasteiger partial charge in [-0.3, -0.25) is 0 Å². The highest BCUT2D eigenvalue weighted by Gasteiger charge is 2.24. The molecule has 0 amide bonds. The van der Waals surface area contributed by atoms with Crippen molar-refractivity contribution in [2.45, 2.75) is 39.3 Å². The molecule has 1 aliphatic heterocycles. The SMILES string of the molecule is CC(NCC1CCN(C(C)C)C1)c1ccc(F)cc1F. The number of nitrogens with one attached hydrogen (secondary N) is 1. The van der Waals surface area contributed by atoms with Gasteiger partial charge in [0.15, 0.2) is 0 Å². The fourth-order valence-electron chi connectivity index (χ4n) is 2.80. The van der Waals surface area contributed by atoms with Gasteiger partial charge in [-0.2, -0.15) is 0 Å². The monoisotopic (exact) mass is 282 g/mol. The summed E-state index contributed by atoms with van der Waals surface area (Å²) in [5.74, 6) is -0.384. The molecule has 0 saturated carbocycles. The fourth-order valence-corrected chi connectivity index (χ4v) is 2.80. The number of rotatable bonds is 5. The van der Waals surface area contributed by atoms with Crippen LogP contribution in [0.2, 0.25) is 0 Å². The molecule has 2 unspecified atom stereocenters. The van der Waals surface area contributed by atoms with Crippen molar-refractivity contribution in [2.75, 3.05) is 19.6 Å². The molecule has 1 heterocycles. The maximum atomic E-state index is 13.7. The molecule has 4 heteroatoms. The van der Waals surface area contributed by atoms with Crippen LogP contribution in [0.4, 0.5) is 8.78 Å². The van der Waals surface area contributed by atoms with E-state index in [1.807, 2.05) is 6.92 Å². The zero-order valence-corrected chi connectivity index (χ0v) is 12.5. The Kier molecular flexibility index (Phi) is 5.11. The first-order valence-corrected chi connectivity index (χ1v) is 7.39. The van der Waals surface area contributed by atoms with Crippen LogP contribution in [-0.4, -0.2) is 30.6 Å². The summed E-state index contributed by atoms with van der Waals surface area (Å²) >= 11 is 0. The van der Waals surface area contributed by atoms with Crippen LogP contribution >= 0.6 is 0 Å². The molecule has 0 spiro atoms. The summed E-state index contributed by atoms with van der Waals surface area (Å²) in [7, 11) is 0. The molecule has 1 aromatic carbocycles. The molecule has 0 aromatic heterocycles. The van der Waals surface area contributed by atoms with Crippen LogP contribution < -0.4 is 5.32 Å². The molecule has 0 bridgehead atoms. The van der Waals surface area contributed by atoms with Gasteiger partial charge in [0.25, 0.3) is 0 Å². The van der Waals surface area contributed by atoms with E-state index in [0.29, 0.717) is 17.5 Å². The van der Waals surface area contributed by atoms with Crippen molar-refractivity contribution in [1.29, 1.82) is 0 Å². The summed E-state index contributed by atoms with van der Waals surface area (Å²) < 4.78 is 26.6. The van der Waals surface area contributed by atoms with E-state index in [2.05, 4.69) is 24.1 Å². The van der Waals surface area contributed by atoms with Crippen molar-refractivity contribution in [2.24, 2.45) is 5.92 Å². The van der Waals surface area contributed by atoms with Gasteiger partial charge in [0.2, 0.25) is 0 Å². The molecule has 112 valence electrons. The van der Waals surface area contributed by atoms with Crippen LogP contribution in [0, 0.1) is 17.6 Å². The second kappa shape index (κ2) is 6.64. The number of nitrogens with zero attached hydrogens (tertiary/aromatic N) is 1. The van der Waals surface area contributed by atoms with Gasteiger partial charge in [-0.25, -0.2) is 8.78 Å². The van der Waals surface area contributed by atoms with E-state index in [1.165, 1.54) is 18.6 Å². The summed E-state index contributed by atoms with van der Waals surface area (Å²) in [5, 5.41) is 3.37. The van der Waals surface area contributed by atoms with Crippen LogP contribution in [0.3, 0.4) is 0 Å². The highest BCUT2D eigenvalue weighted by atomic mass is 19.1. The zero-order chi connectivity index (χ0) is 14.7. The van der Waals surface area contributed by atoms with Gasteiger partial charge in [0.1, 0.15) is 11.6 Å². The average molecular weight is 282 g/mol. The molecule has 0 aliphatic carbocycles. The quantitative estimate of drug-likeness (QED) is 0.891. The Bertz CT molecular complexity index is 448. The molecule has 2 rings (SSSR count). The van der Waals surface area contributed by atoms with E-state index in [-0.39, 0.29) is 6.04 Å². The predicted molar refractivity (Wildman–Crippen MR) is 77.6 cm³/mol. The van der Waals surface area contributed by atoms with Gasteiger partial charge >= 0.3 is 0 Å². The van der Waals surface area contributed by atoms with Crippen LogP contribution in [0.5, 0.6) is 0 Å². The largest absolute Gasteiger partial charge is 0.310 e. The van der Waals surface area contributed by atoms with Crippen molar-refractivity contribution < 1.29 is 8.78 Å². The Morgan fingerprint density at radius 3 is 2.65 bits per heavy atom. The van der Waals surface area contributed by atoms with Gasteiger partial charge in [-0.15, -0.1) is 0 Å². The second-order valence-electron chi connectivity index (χ2n) is 6.04. The van der Waals surface area contributed by atoms with Gasteiger partial charge in [0.05, 0.1) is 0 Å². The molecule has 2 nitrogen and oxygen atoms in total. The molecule has 1 saturated heterocycles. The minimum Gasteiger partial charge on any atom is -0.310 e. The summed E-state index contributed by atoms with van der Waals surface area (Å²) in [6, 6.07) is 4.28. The van der Waals surface area contributed by atoms with E-state index < -0.39 is 11.6 Å². The highest BCUT2D eigenvalue weighted by molar-refractivity contribution is 5.21. The minimum atomic E-state index is -0.526. The molecule has 1 N–H and O–H groups in total. The molecule has 1 aliphatic rings. The first-order valence-electron chi connectivity index (χ1n) is 7.39. The van der Waals surface area contributed by atoms with E-state index >= 15 is 0 Å². The number of likely N-dealkylation sites (tertiary alicyclic amines) is 1.